The number of nitrogens with zero attached hydrogens (tertiary/aromatic N) is 3. The van der Waals surface area contributed by atoms with Crippen LogP contribution in [0.2, 0.25) is 0 Å². The van der Waals surface area contributed by atoms with E-state index in [-0.39, 0.29) is 0 Å². The van der Waals surface area contributed by atoms with Crippen molar-refractivity contribution in [2.45, 2.75) is 26.4 Å². The first-order chi connectivity index (χ1) is 9.70. The highest BCUT2D eigenvalue weighted by Gasteiger charge is 2.15. The Morgan fingerprint density at radius 3 is 2.65 bits per heavy atom. The van der Waals surface area contributed by atoms with Crippen LogP contribution < -0.4 is 0 Å². The van der Waals surface area contributed by atoms with E-state index >= 15 is 0 Å². The normalized spacial score (nSPS) is 11.4. The standard InChI is InChI=1S/C15H21N3O2/c1-12(2)18(9-10-19-3)11-14-16-15(17-20-14)13-7-5-4-6-8-13/h4-8,12H,9-11H2,1-3H3. The molecule has 0 saturated carbocycles. The van der Waals surface area contributed by atoms with Crippen molar-refractivity contribution in [3.63, 3.8) is 0 Å². The van der Waals surface area contributed by atoms with Gasteiger partial charge in [-0.2, -0.15) is 4.98 Å². The molecular formula is C15H21N3O2. The third kappa shape index (κ3) is 3.88. The van der Waals surface area contributed by atoms with Crippen molar-refractivity contribution in [1.82, 2.24) is 15.0 Å². The summed E-state index contributed by atoms with van der Waals surface area (Å²) in [5.74, 6) is 1.27. The molecule has 108 valence electrons. The van der Waals surface area contributed by atoms with Crippen molar-refractivity contribution >= 4 is 0 Å². The van der Waals surface area contributed by atoms with Crippen molar-refractivity contribution in [3.05, 3.63) is 36.2 Å². The maximum absolute atomic E-state index is 5.34. The lowest BCUT2D eigenvalue weighted by atomic mass is 10.2. The van der Waals surface area contributed by atoms with Crippen LogP contribution in [0.4, 0.5) is 0 Å². The molecule has 20 heavy (non-hydrogen) atoms. The molecule has 0 atom stereocenters. The average Bonchev–Trinajstić information content (AvgIpc) is 2.92. The number of rotatable bonds is 7. The van der Waals surface area contributed by atoms with Gasteiger partial charge in [0.15, 0.2) is 0 Å². The number of ether oxygens (including phenoxy) is 1. The molecular weight excluding hydrogens is 254 g/mol. The van der Waals surface area contributed by atoms with E-state index in [0.29, 0.717) is 30.9 Å². The Morgan fingerprint density at radius 2 is 2.00 bits per heavy atom. The van der Waals surface area contributed by atoms with E-state index in [1.165, 1.54) is 0 Å². The Kier molecular flexibility index (Phi) is 5.26. The molecule has 0 saturated heterocycles. The van der Waals surface area contributed by atoms with Gasteiger partial charge in [-0.1, -0.05) is 35.5 Å². The van der Waals surface area contributed by atoms with Crippen LogP contribution in [0.3, 0.4) is 0 Å². The Hall–Kier alpha value is -1.72. The zero-order chi connectivity index (χ0) is 14.4. The quantitative estimate of drug-likeness (QED) is 0.777. The van der Waals surface area contributed by atoms with Crippen molar-refractivity contribution in [2.75, 3.05) is 20.3 Å². The van der Waals surface area contributed by atoms with E-state index in [4.69, 9.17) is 9.26 Å². The summed E-state index contributed by atoms with van der Waals surface area (Å²) in [4.78, 5) is 6.69. The maximum Gasteiger partial charge on any atom is 0.241 e. The summed E-state index contributed by atoms with van der Waals surface area (Å²) in [6.07, 6.45) is 0. The molecule has 0 aliphatic heterocycles. The monoisotopic (exact) mass is 275 g/mol. The minimum atomic E-state index is 0.400. The van der Waals surface area contributed by atoms with Crippen molar-refractivity contribution in [1.29, 1.82) is 0 Å². The topological polar surface area (TPSA) is 51.4 Å². The first-order valence-corrected chi connectivity index (χ1v) is 6.81. The van der Waals surface area contributed by atoms with E-state index in [1.54, 1.807) is 7.11 Å². The first kappa shape index (κ1) is 14.7. The van der Waals surface area contributed by atoms with Crippen LogP contribution in [-0.4, -0.2) is 41.3 Å². The fourth-order valence-corrected chi connectivity index (χ4v) is 1.93. The summed E-state index contributed by atoms with van der Waals surface area (Å²) in [6.45, 7) is 6.46. The SMILES string of the molecule is COCCN(Cc1nc(-c2ccccc2)no1)C(C)C. The predicted molar refractivity (Wildman–Crippen MR) is 77.2 cm³/mol. The molecule has 0 spiro atoms. The van der Waals surface area contributed by atoms with Gasteiger partial charge in [0.05, 0.1) is 13.2 Å². The third-order valence-corrected chi connectivity index (χ3v) is 3.15. The van der Waals surface area contributed by atoms with Gasteiger partial charge in [-0.25, -0.2) is 0 Å². The molecule has 1 aromatic heterocycles. The second kappa shape index (κ2) is 7.17. The van der Waals surface area contributed by atoms with Gasteiger partial charge >= 0.3 is 0 Å². The molecule has 2 rings (SSSR count). The van der Waals surface area contributed by atoms with E-state index in [2.05, 4.69) is 28.9 Å². The highest BCUT2D eigenvalue weighted by atomic mass is 16.5. The van der Waals surface area contributed by atoms with Gasteiger partial charge in [-0.05, 0) is 13.8 Å². The summed E-state index contributed by atoms with van der Waals surface area (Å²) in [7, 11) is 1.71. The number of hydrogen-bond donors (Lipinski definition) is 0. The molecule has 0 fully saturated rings. The zero-order valence-corrected chi connectivity index (χ0v) is 12.2. The molecule has 0 aliphatic carbocycles. The van der Waals surface area contributed by atoms with Crippen LogP contribution in [0, 0.1) is 0 Å². The second-order valence-electron chi connectivity index (χ2n) is 4.93. The summed E-state index contributed by atoms with van der Waals surface area (Å²) >= 11 is 0. The van der Waals surface area contributed by atoms with Crippen LogP contribution in [-0.2, 0) is 11.3 Å². The molecule has 0 aliphatic rings. The summed E-state index contributed by atoms with van der Waals surface area (Å²) < 4.78 is 10.5. The fraction of sp³-hybridized carbons (Fsp3) is 0.467. The van der Waals surface area contributed by atoms with Gasteiger partial charge in [0, 0.05) is 25.3 Å². The van der Waals surface area contributed by atoms with Gasteiger partial charge in [0.2, 0.25) is 11.7 Å². The minimum Gasteiger partial charge on any atom is -0.383 e. The number of aromatic nitrogens is 2. The molecule has 5 heteroatoms. The van der Waals surface area contributed by atoms with Crippen molar-refractivity contribution in [2.24, 2.45) is 0 Å². The number of methoxy groups -OCH3 is 1. The number of benzene rings is 1. The van der Waals surface area contributed by atoms with Crippen molar-refractivity contribution < 1.29 is 9.26 Å². The Bertz CT molecular complexity index is 511. The first-order valence-electron chi connectivity index (χ1n) is 6.81. The van der Waals surface area contributed by atoms with Crippen LogP contribution in [0.1, 0.15) is 19.7 Å². The van der Waals surface area contributed by atoms with Crippen molar-refractivity contribution in [3.8, 4) is 11.4 Å². The van der Waals surface area contributed by atoms with Crippen LogP contribution in [0.25, 0.3) is 11.4 Å². The number of hydrogen-bond acceptors (Lipinski definition) is 5. The minimum absolute atomic E-state index is 0.400. The molecule has 2 aromatic rings. The largest absolute Gasteiger partial charge is 0.383 e. The second-order valence-corrected chi connectivity index (χ2v) is 4.93. The lowest BCUT2D eigenvalue weighted by Crippen LogP contribution is -2.33. The summed E-state index contributed by atoms with van der Waals surface area (Å²) in [6, 6.07) is 10.2. The van der Waals surface area contributed by atoms with Gasteiger partial charge in [0.1, 0.15) is 0 Å². The van der Waals surface area contributed by atoms with Crippen LogP contribution in [0.5, 0.6) is 0 Å². The molecule has 1 aromatic carbocycles. The Labute approximate surface area is 119 Å². The molecule has 0 N–H and O–H groups in total. The Morgan fingerprint density at radius 1 is 1.25 bits per heavy atom. The van der Waals surface area contributed by atoms with Crippen LogP contribution in [0.15, 0.2) is 34.9 Å². The van der Waals surface area contributed by atoms with Gasteiger partial charge in [-0.15, -0.1) is 0 Å². The van der Waals surface area contributed by atoms with Gasteiger partial charge in [0.25, 0.3) is 0 Å². The smallest absolute Gasteiger partial charge is 0.241 e. The molecule has 0 amide bonds. The van der Waals surface area contributed by atoms with E-state index in [1.807, 2.05) is 30.3 Å². The Balaban J connectivity index is 2.04. The molecule has 0 radical (unpaired) electrons. The van der Waals surface area contributed by atoms with E-state index in [9.17, 15) is 0 Å². The fourth-order valence-electron chi connectivity index (χ4n) is 1.93. The molecule has 0 bridgehead atoms. The highest BCUT2D eigenvalue weighted by molar-refractivity contribution is 5.53. The van der Waals surface area contributed by atoms with Crippen LogP contribution >= 0.6 is 0 Å². The average molecular weight is 275 g/mol. The van der Waals surface area contributed by atoms with Gasteiger partial charge < -0.3 is 9.26 Å². The highest BCUT2D eigenvalue weighted by Crippen LogP contribution is 2.16. The molecule has 0 unspecified atom stereocenters. The lowest BCUT2D eigenvalue weighted by molar-refractivity contribution is 0.115. The molecule has 1 heterocycles. The molecule has 5 nitrogen and oxygen atoms in total. The lowest BCUT2D eigenvalue weighted by Gasteiger charge is -2.24. The maximum atomic E-state index is 5.34. The summed E-state index contributed by atoms with van der Waals surface area (Å²) in [5.41, 5.74) is 0.968. The predicted octanol–water partition coefficient (Wildman–Crippen LogP) is 2.59. The summed E-state index contributed by atoms with van der Waals surface area (Å²) in [5, 5.41) is 4.04. The third-order valence-electron chi connectivity index (χ3n) is 3.15. The van der Waals surface area contributed by atoms with E-state index < -0.39 is 0 Å². The zero-order valence-electron chi connectivity index (χ0n) is 12.2. The van der Waals surface area contributed by atoms with E-state index in [0.717, 1.165) is 12.1 Å². The van der Waals surface area contributed by atoms with Gasteiger partial charge in [-0.3, -0.25) is 4.90 Å².